The highest BCUT2D eigenvalue weighted by Crippen LogP contribution is 2.45. The minimum absolute atomic E-state index is 0.404. The van der Waals surface area contributed by atoms with Gasteiger partial charge in [0.1, 0.15) is 0 Å². The summed E-state index contributed by atoms with van der Waals surface area (Å²) in [5.41, 5.74) is 5.68. The topological polar surface area (TPSA) is 3.24 Å². The number of benzene rings is 1. The molecule has 118 valence electrons. The zero-order valence-corrected chi connectivity index (χ0v) is 14.2. The molecule has 3 atom stereocenters. The summed E-state index contributed by atoms with van der Waals surface area (Å²) in [5, 5.41) is 0. The van der Waals surface area contributed by atoms with Crippen LogP contribution in [0.15, 0.2) is 60.9 Å². The van der Waals surface area contributed by atoms with Crippen molar-refractivity contribution in [1.29, 1.82) is 0 Å². The predicted octanol–water partition coefficient (Wildman–Crippen LogP) is 5.80. The Labute approximate surface area is 139 Å². The molecule has 1 heteroatoms. The lowest BCUT2D eigenvalue weighted by Crippen LogP contribution is -2.18. The first-order chi connectivity index (χ1) is 11.1. The lowest BCUT2D eigenvalue weighted by molar-refractivity contribution is 0.287. The smallest absolute Gasteiger partial charge is 0.0734 e. The molecule has 0 saturated carbocycles. The molecule has 2 unspecified atom stereocenters. The molecule has 0 spiro atoms. The molecule has 0 amide bonds. The van der Waals surface area contributed by atoms with Crippen molar-refractivity contribution in [3.63, 3.8) is 0 Å². The molecule has 0 aromatic heterocycles. The highest BCUT2D eigenvalue weighted by Gasteiger charge is 2.33. The molecule has 4 rings (SSSR count). The van der Waals surface area contributed by atoms with Gasteiger partial charge in [0.25, 0.3) is 0 Å². The van der Waals surface area contributed by atoms with Gasteiger partial charge < -0.3 is 4.90 Å². The highest BCUT2D eigenvalue weighted by molar-refractivity contribution is 5.76. The van der Waals surface area contributed by atoms with Crippen molar-refractivity contribution >= 4 is 5.57 Å². The summed E-state index contributed by atoms with van der Waals surface area (Å²) in [6, 6.07) is 7.91. The Balaban J connectivity index is 1.66. The molecule has 0 saturated heterocycles. The monoisotopic (exact) mass is 303 g/mol. The minimum Gasteiger partial charge on any atom is -0.360 e. The van der Waals surface area contributed by atoms with Crippen LogP contribution in [0.3, 0.4) is 0 Å². The fourth-order valence-corrected chi connectivity index (χ4v) is 4.04. The van der Waals surface area contributed by atoms with Gasteiger partial charge in [-0.25, -0.2) is 0 Å². The Bertz CT molecular complexity index is 732. The Morgan fingerprint density at radius 3 is 2.70 bits per heavy atom. The van der Waals surface area contributed by atoms with Crippen LogP contribution in [-0.2, 0) is 0 Å². The third-order valence-electron chi connectivity index (χ3n) is 5.61. The van der Waals surface area contributed by atoms with Crippen molar-refractivity contribution in [3.8, 4) is 0 Å². The van der Waals surface area contributed by atoms with E-state index in [0.29, 0.717) is 18.0 Å². The SMILES string of the molecule is CC(C)C1C=CC(c2ccc3c(c2)C2C=CC=CN2[C@@H]3C)=CC1. The van der Waals surface area contributed by atoms with Crippen molar-refractivity contribution in [1.82, 2.24) is 4.90 Å². The van der Waals surface area contributed by atoms with Gasteiger partial charge in [-0.05, 0) is 59.6 Å². The molecular weight excluding hydrogens is 278 g/mol. The number of nitrogens with zero attached hydrogens (tertiary/aromatic N) is 1. The van der Waals surface area contributed by atoms with Crippen LogP contribution in [0.25, 0.3) is 5.57 Å². The molecule has 3 aliphatic rings. The summed E-state index contributed by atoms with van der Waals surface area (Å²) in [5.74, 6) is 1.41. The van der Waals surface area contributed by atoms with Crippen LogP contribution in [0.4, 0.5) is 0 Å². The summed E-state index contributed by atoms with van der Waals surface area (Å²) in [6.45, 7) is 6.92. The Morgan fingerprint density at radius 2 is 1.96 bits per heavy atom. The van der Waals surface area contributed by atoms with Crippen LogP contribution >= 0.6 is 0 Å². The lowest BCUT2D eigenvalue weighted by atomic mass is 9.85. The second-order valence-electron chi connectivity index (χ2n) is 7.30. The van der Waals surface area contributed by atoms with E-state index in [1.807, 2.05) is 0 Å². The van der Waals surface area contributed by atoms with Gasteiger partial charge in [0, 0.05) is 6.20 Å². The molecule has 1 aromatic carbocycles. The van der Waals surface area contributed by atoms with E-state index in [1.165, 1.54) is 22.3 Å². The lowest BCUT2D eigenvalue weighted by Gasteiger charge is -2.27. The molecule has 1 aromatic rings. The maximum atomic E-state index is 2.45. The van der Waals surface area contributed by atoms with Gasteiger partial charge in [-0.15, -0.1) is 0 Å². The molecule has 0 radical (unpaired) electrons. The first-order valence-corrected chi connectivity index (χ1v) is 8.80. The van der Waals surface area contributed by atoms with E-state index in [-0.39, 0.29) is 0 Å². The van der Waals surface area contributed by atoms with E-state index in [0.717, 1.165) is 12.3 Å². The molecule has 2 aliphatic heterocycles. The largest absolute Gasteiger partial charge is 0.360 e. The highest BCUT2D eigenvalue weighted by atomic mass is 15.2. The van der Waals surface area contributed by atoms with Crippen molar-refractivity contribution < 1.29 is 0 Å². The fourth-order valence-electron chi connectivity index (χ4n) is 4.04. The quantitative estimate of drug-likeness (QED) is 0.667. The molecule has 2 heterocycles. The summed E-state index contributed by atoms with van der Waals surface area (Å²) in [7, 11) is 0. The fraction of sp³-hybridized carbons (Fsp3) is 0.364. The second-order valence-corrected chi connectivity index (χ2v) is 7.30. The van der Waals surface area contributed by atoms with Gasteiger partial charge in [-0.3, -0.25) is 0 Å². The van der Waals surface area contributed by atoms with Gasteiger partial charge in [0.05, 0.1) is 12.1 Å². The normalized spacial score (nSPS) is 28.1. The molecule has 1 nitrogen and oxygen atoms in total. The maximum Gasteiger partial charge on any atom is 0.0734 e. The molecule has 0 fully saturated rings. The number of hydrogen-bond donors (Lipinski definition) is 0. The average molecular weight is 303 g/mol. The zero-order valence-electron chi connectivity index (χ0n) is 14.2. The van der Waals surface area contributed by atoms with Gasteiger partial charge in [-0.1, -0.05) is 56.4 Å². The third-order valence-corrected chi connectivity index (χ3v) is 5.61. The summed E-state index contributed by atoms with van der Waals surface area (Å²) in [6.07, 6.45) is 17.1. The van der Waals surface area contributed by atoms with E-state index in [1.54, 1.807) is 0 Å². The number of hydrogen-bond acceptors (Lipinski definition) is 1. The summed E-state index contributed by atoms with van der Waals surface area (Å²) < 4.78 is 0. The van der Waals surface area contributed by atoms with Crippen LogP contribution in [-0.4, -0.2) is 4.90 Å². The van der Waals surface area contributed by atoms with E-state index < -0.39 is 0 Å². The molecule has 23 heavy (non-hydrogen) atoms. The van der Waals surface area contributed by atoms with Crippen LogP contribution in [0.2, 0.25) is 0 Å². The van der Waals surface area contributed by atoms with Crippen LogP contribution < -0.4 is 0 Å². The number of rotatable bonds is 2. The standard InChI is InChI=1S/C22H25N/c1-15(2)17-7-9-18(10-8-17)19-11-12-20-16(3)23-13-5-4-6-22(23)21(20)14-19/h4-7,9-17,22H,8H2,1-3H3/t16-,17?,22?/m1/s1. The van der Waals surface area contributed by atoms with Gasteiger partial charge in [0.2, 0.25) is 0 Å². The van der Waals surface area contributed by atoms with Crippen molar-refractivity contribution in [2.24, 2.45) is 11.8 Å². The van der Waals surface area contributed by atoms with E-state index in [2.05, 4.69) is 86.5 Å². The van der Waals surface area contributed by atoms with Gasteiger partial charge >= 0.3 is 0 Å². The molecular formula is C22H25N. The Morgan fingerprint density at radius 1 is 1.09 bits per heavy atom. The van der Waals surface area contributed by atoms with Crippen molar-refractivity contribution in [3.05, 3.63) is 77.5 Å². The second kappa shape index (κ2) is 5.56. The Hall–Kier alpha value is -2.02. The third kappa shape index (κ3) is 2.39. The zero-order chi connectivity index (χ0) is 16.0. The molecule has 0 N–H and O–H groups in total. The van der Waals surface area contributed by atoms with Gasteiger partial charge in [0.15, 0.2) is 0 Å². The van der Waals surface area contributed by atoms with E-state index in [4.69, 9.17) is 0 Å². The van der Waals surface area contributed by atoms with Crippen LogP contribution in [0, 0.1) is 11.8 Å². The molecule has 0 bridgehead atoms. The van der Waals surface area contributed by atoms with Gasteiger partial charge in [-0.2, -0.15) is 0 Å². The average Bonchev–Trinajstić information content (AvgIpc) is 2.88. The first kappa shape index (κ1) is 14.6. The van der Waals surface area contributed by atoms with Crippen LogP contribution in [0.1, 0.15) is 56.0 Å². The predicted molar refractivity (Wildman–Crippen MR) is 97.8 cm³/mol. The Kier molecular flexibility index (Phi) is 3.52. The van der Waals surface area contributed by atoms with Crippen molar-refractivity contribution in [2.45, 2.75) is 39.3 Å². The summed E-state index contributed by atoms with van der Waals surface area (Å²) in [4.78, 5) is 2.45. The minimum atomic E-state index is 0.404. The van der Waals surface area contributed by atoms with E-state index in [9.17, 15) is 0 Å². The van der Waals surface area contributed by atoms with Crippen LogP contribution in [0.5, 0.6) is 0 Å². The first-order valence-electron chi connectivity index (χ1n) is 8.80. The summed E-state index contributed by atoms with van der Waals surface area (Å²) >= 11 is 0. The van der Waals surface area contributed by atoms with E-state index >= 15 is 0 Å². The maximum absolute atomic E-state index is 2.45. The van der Waals surface area contributed by atoms with Crippen molar-refractivity contribution in [2.75, 3.05) is 0 Å². The molecule has 1 aliphatic carbocycles. The number of allylic oxidation sites excluding steroid dienone is 6. The number of fused-ring (bicyclic) bond motifs is 3.